The fourth-order valence-electron chi connectivity index (χ4n) is 1.27. The van der Waals surface area contributed by atoms with Crippen LogP contribution in [0.15, 0.2) is 12.8 Å². The molecule has 6 heteroatoms. The van der Waals surface area contributed by atoms with E-state index in [-0.39, 0.29) is 0 Å². The van der Waals surface area contributed by atoms with Crippen molar-refractivity contribution in [2.75, 3.05) is 6.61 Å². The molecule has 1 unspecified atom stereocenters. The van der Waals surface area contributed by atoms with Gasteiger partial charge in [-0.25, -0.2) is 0 Å². The first-order chi connectivity index (χ1) is 6.61. The highest BCUT2D eigenvalue weighted by Gasteiger charge is 2.44. The SMILES string of the molecule is C=COC1O[C@H](CO)[C@@H](O)[C@H](O)[C@H]1O. The molecule has 0 saturated carbocycles. The van der Waals surface area contributed by atoms with Gasteiger partial charge in [-0.15, -0.1) is 0 Å². The highest BCUT2D eigenvalue weighted by atomic mass is 16.7. The van der Waals surface area contributed by atoms with Crippen molar-refractivity contribution < 1.29 is 29.9 Å². The standard InChI is InChI=1S/C8H14O6/c1-2-13-8-7(12)6(11)5(10)4(3-9)14-8/h2,4-12H,1,3H2/t4-,5-,6+,7-,8?/m1/s1. The smallest absolute Gasteiger partial charge is 0.228 e. The second-order valence-corrected chi connectivity index (χ2v) is 3.00. The van der Waals surface area contributed by atoms with Gasteiger partial charge in [-0.1, -0.05) is 6.58 Å². The van der Waals surface area contributed by atoms with Gasteiger partial charge in [0.05, 0.1) is 12.9 Å². The summed E-state index contributed by atoms with van der Waals surface area (Å²) in [6, 6.07) is 0. The molecule has 1 rings (SSSR count). The Morgan fingerprint density at radius 2 is 1.86 bits per heavy atom. The molecular formula is C8H14O6. The third-order valence-electron chi connectivity index (χ3n) is 2.08. The molecule has 0 bridgehead atoms. The maximum absolute atomic E-state index is 9.36. The molecule has 82 valence electrons. The fraction of sp³-hybridized carbons (Fsp3) is 0.750. The zero-order valence-electron chi connectivity index (χ0n) is 7.48. The summed E-state index contributed by atoms with van der Waals surface area (Å²) in [6.45, 7) is 2.79. The van der Waals surface area contributed by atoms with E-state index in [1.165, 1.54) is 0 Å². The summed E-state index contributed by atoms with van der Waals surface area (Å²) < 4.78 is 9.72. The zero-order chi connectivity index (χ0) is 10.7. The molecule has 0 aromatic heterocycles. The Balaban J connectivity index is 2.67. The second kappa shape index (κ2) is 4.72. The van der Waals surface area contributed by atoms with Crippen molar-refractivity contribution in [3.63, 3.8) is 0 Å². The normalized spacial score (nSPS) is 43.3. The van der Waals surface area contributed by atoms with Crippen molar-refractivity contribution in [2.24, 2.45) is 0 Å². The molecule has 0 aromatic rings. The van der Waals surface area contributed by atoms with Gasteiger partial charge in [-0.2, -0.15) is 0 Å². The number of hydrogen-bond donors (Lipinski definition) is 4. The summed E-state index contributed by atoms with van der Waals surface area (Å²) in [7, 11) is 0. The van der Waals surface area contributed by atoms with E-state index in [0.717, 1.165) is 6.26 Å². The monoisotopic (exact) mass is 206 g/mol. The summed E-state index contributed by atoms with van der Waals surface area (Å²) >= 11 is 0. The predicted molar refractivity (Wildman–Crippen MR) is 45.0 cm³/mol. The van der Waals surface area contributed by atoms with Crippen molar-refractivity contribution in [3.8, 4) is 0 Å². The fourth-order valence-corrected chi connectivity index (χ4v) is 1.27. The molecule has 6 nitrogen and oxygen atoms in total. The van der Waals surface area contributed by atoms with Crippen LogP contribution >= 0.6 is 0 Å². The average molecular weight is 206 g/mol. The quantitative estimate of drug-likeness (QED) is 0.396. The van der Waals surface area contributed by atoms with Crippen LogP contribution in [0.4, 0.5) is 0 Å². The van der Waals surface area contributed by atoms with Crippen LogP contribution in [0.3, 0.4) is 0 Å². The largest absolute Gasteiger partial charge is 0.470 e. The van der Waals surface area contributed by atoms with Gasteiger partial charge in [0, 0.05) is 0 Å². The summed E-state index contributed by atoms with van der Waals surface area (Å²) in [6.07, 6.45) is -5.16. The number of rotatable bonds is 3. The van der Waals surface area contributed by atoms with E-state index < -0.39 is 37.3 Å². The van der Waals surface area contributed by atoms with Gasteiger partial charge in [0.2, 0.25) is 6.29 Å². The summed E-state index contributed by atoms with van der Waals surface area (Å²) in [5.41, 5.74) is 0. The summed E-state index contributed by atoms with van der Waals surface area (Å²) in [5.74, 6) is 0. The van der Waals surface area contributed by atoms with E-state index >= 15 is 0 Å². The first-order valence-electron chi connectivity index (χ1n) is 4.18. The lowest BCUT2D eigenvalue weighted by Crippen LogP contribution is -2.58. The van der Waals surface area contributed by atoms with Crippen molar-refractivity contribution in [2.45, 2.75) is 30.7 Å². The van der Waals surface area contributed by atoms with Crippen molar-refractivity contribution in [1.82, 2.24) is 0 Å². The number of hydrogen-bond acceptors (Lipinski definition) is 6. The highest BCUT2D eigenvalue weighted by Crippen LogP contribution is 2.21. The van der Waals surface area contributed by atoms with E-state index in [4.69, 9.17) is 14.6 Å². The summed E-state index contributed by atoms with van der Waals surface area (Å²) in [4.78, 5) is 0. The van der Waals surface area contributed by atoms with E-state index in [9.17, 15) is 15.3 Å². The molecule has 1 fully saturated rings. The zero-order valence-corrected chi connectivity index (χ0v) is 7.48. The maximum atomic E-state index is 9.36. The van der Waals surface area contributed by atoms with Crippen molar-refractivity contribution >= 4 is 0 Å². The second-order valence-electron chi connectivity index (χ2n) is 3.00. The molecule has 1 saturated heterocycles. The van der Waals surface area contributed by atoms with Crippen LogP contribution < -0.4 is 0 Å². The minimum Gasteiger partial charge on any atom is -0.470 e. The van der Waals surface area contributed by atoms with Gasteiger partial charge in [0.15, 0.2) is 0 Å². The average Bonchev–Trinajstić information content (AvgIpc) is 2.19. The van der Waals surface area contributed by atoms with Gasteiger partial charge in [0.25, 0.3) is 0 Å². The van der Waals surface area contributed by atoms with Crippen LogP contribution in [0.5, 0.6) is 0 Å². The van der Waals surface area contributed by atoms with E-state index in [1.54, 1.807) is 0 Å². The van der Waals surface area contributed by atoms with Gasteiger partial charge in [-0.05, 0) is 0 Å². The predicted octanol–water partition coefficient (Wildman–Crippen LogP) is -2.05. The lowest BCUT2D eigenvalue weighted by Gasteiger charge is -2.38. The Kier molecular flexibility index (Phi) is 3.85. The van der Waals surface area contributed by atoms with Crippen LogP contribution in [0.2, 0.25) is 0 Å². The molecule has 1 heterocycles. The van der Waals surface area contributed by atoms with Crippen LogP contribution in [0.1, 0.15) is 0 Å². The lowest BCUT2D eigenvalue weighted by molar-refractivity contribution is -0.287. The molecular weight excluding hydrogens is 192 g/mol. The van der Waals surface area contributed by atoms with Crippen molar-refractivity contribution in [1.29, 1.82) is 0 Å². The Morgan fingerprint density at radius 1 is 1.21 bits per heavy atom. The molecule has 5 atom stereocenters. The first-order valence-corrected chi connectivity index (χ1v) is 4.18. The molecule has 1 aliphatic rings. The molecule has 0 aromatic carbocycles. The van der Waals surface area contributed by atoms with Gasteiger partial charge in [0.1, 0.15) is 24.4 Å². The molecule has 1 aliphatic heterocycles. The Bertz CT molecular complexity index is 194. The number of ether oxygens (including phenoxy) is 2. The van der Waals surface area contributed by atoms with Crippen LogP contribution in [0.25, 0.3) is 0 Å². The Hall–Kier alpha value is -0.660. The molecule has 0 spiro atoms. The lowest BCUT2D eigenvalue weighted by atomic mass is 9.99. The van der Waals surface area contributed by atoms with Crippen LogP contribution in [-0.2, 0) is 9.47 Å². The minimum atomic E-state index is -1.41. The topological polar surface area (TPSA) is 99.4 Å². The maximum Gasteiger partial charge on any atom is 0.228 e. The molecule has 14 heavy (non-hydrogen) atoms. The van der Waals surface area contributed by atoms with Crippen LogP contribution in [0, 0.1) is 0 Å². The van der Waals surface area contributed by atoms with Gasteiger partial charge < -0.3 is 29.9 Å². The summed E-state index contributed by atoms with van der Waals surface area (Å²) in [5, 5.41) is 36.8. The first kappa shape index (κ1) is 11.4. The Morgan fingerprint density at radius 3 is 2.36 bits per heavy atom. The molecule has 0 radical (unpaired) electrons. The van der Waals surface area contributed by atoms with E-state index in [1.807, 2.05) is 0 Å². The van der Waals surface area contributed by atoms with Gasteiger partial charge in [-0.3, -0.25) is 0 Å². The minimum absolute atomic E-state index is 0.470. The molecule has 0 amide bonds. The van der Waals surface area contributed by atoms with Gasteiger partial charge >= 0.3 is 0 Å². The van der Waals surface area contributed by atoms with Crippen LogP contribution in [-0.4, -0.2) is 57.7 Å². The molecule has 4 N–H and O–H groups in total. The van der Waals surface area contributed by atoms with E-state index in [2.05, 4.69) is 6.58 Å². The number of aliphatic hydroxyl groups excluding tert-OH is 4. The number of aliphatic hydroxyl groups is 4. The third-order valence-corrected chi connectivity index (χ3v) is 2.08. The Labute approximate surface area is 81.0 Å². The highest BCUT2D eigenvalue weighted by molar-refractivity contribution is 4.89. The molecule has 0 aliphatic carbocycles. The van der Waals surface area contributed by atoms with Crippen molar-refractivity contribution in [3.05, 3.63) is 12.8 Å². The van der Waals surface area contributed by atoms with E-state index in [0.29, 0.717) is 0 Å². The third kappa shape index (κ3) is 2.05.